The first-order valence-corrected chi connectivity index (χ1v) is 10.9. The number of anilines is 1. The summed E-state index contributed by atoms with van der Waals surface area (Å²) in [6.45, 7) is -2.99. The molecule has 1 aliphatic carbocycles. The number of fused-ring (bicyclic) bond motifs is 1. The average Bonchev–Trinajstić information content (AvgIpc) is 3.38. The van der Waals surface area contributed by atoms with E-state index < -0.39 is 12.5 Å². The van der Waals surface area contributed by atoms with Crippen LogP contribution in [0, 0.1) is 0 Å². The second kappa shape index (κ2) is 8.58. The van der Waals surface area contributed by atoms with Gasteiger partial charge in [-0.15, -0.1) is 11.8 Å². The Balaban J connectivity index is 1.47. The number of hydrogen-bond acceptors (Lipinski definition) is 6. The fourth-order valence-corrected chi connectivity index (χ4v) is 4.70. The van der Waals surface area contributed by atoms with Crippen LogP contribution in [0.2, 0.25) is 0 Å². The summed E-state index contributed by atoms with van der Waals surface area (Å²) in [6.07, 6.45) is 9.62. The first kappa shape index (κ1) is 20.4. The van der Waals surface area contributed by atoms with Gasteiger partial charge in [-0.1, -0.05) is 6.42 Å². The van der Waals surface area contributed by atoms with Gasteiger partial charge in [-0.25, -0.2) is 9.50 Å². The van der Waals surface area contributed by atoms with E-state index in [1.807, 2.05) is 0 Å². The van der Waals surface area contributed by atoms with Gasteiger partial charge in [-0.05, 0) is 37.1 Å². The van der Waals surface area contributed by atoms with Crippen LogP contribution in [-0.4, -0.2) is 42.6 Å². The summed E-state index contributed by atoms with van der Waals surface area (Å²) in [6, 6.07) is 6.75. The van der Waals surface area contributed by atoms with Crippen molar-refractivity contribution in [2.24, 2.45) is 0 Å². The van der Waals surface area contributed by atoms with Gasteiger partial charge < -0.3 is 10.1 Å². The molecule has 2 N–H and O–H groups in total. The number of nitrogens with one attached hydrogen (secondary N) is 2. The molecule has 0 unspecified atom stereocenters. The minimum atomic E-state index is -2.99. The van der Waals surface area contributed by atoms with Gasteiger partial charge in [0.1, 0.15) is 17.0 Å². The molecule has 0 atom stereocenters. The molecule has 0 aliphatic heterocycles. The number of benzene rings is 1. The number of ether oxygens (including phenoxy) is 1. The fourth-order valence-electron chi connectivity index (χ4n) is 3.41. The molecule has 3 heterocycles. The molecule has 164 valence electrons. The summed E-state index contributed by atoms with van der Waals surface area (Å²) in [5.41, 5.74) is 1.67. The zero-order valence-corrected chi connectivity index (χ0v) is 17.5. The summed E-state index contributed by atoms with van der Waals surface area (Å²) < 4.78 is 32.3. The van der Waals surface area contributed by atoms with E-state index >= 15 is 0 Å². The Labute approximate surface area is 185 Å². The second-order valence-corrected chi connectivity index (χ2v) is 8.63. The number of halogens is 2. The van der Waals surface area contributed by atoms with E-state index in [4.69, 9.17) is 4.74 Å². The first-order chi connectivity index (χ1) is 15.6. The lowest BCUT2D eigenvalue weighted by Crippen LogP contribution is -2.13. The third kappa shape index (κ3) is 4.03. The lowest BCUT2D eigenvalue weighted by Gasteiger charge is -2.25. The third-order valence-corrected chi connectivity index (χ3v) is 6.52. The first-order valence-electron chi connectivity index (χ1n) is 9.98. The molecule has 4 aromatic rings. The Morgan fingerprint density at radius 3 is 3.00 bits per heavy atom. The Morgan fingerprint density at radius 1 is 1.34 bits per heavy atom. The third-order valence-electron chi connectivity index (χ3n) is 5.19. The highest BCUT2D eigenvalue weighted by molar-refractivity contribution is 8.00. The van der Waals surface area contributed by atoms with Crippen molar-refractivity contribution in [1.29, 1.82) is 0 Å². The van der Waals surface area contributed by atoms with Crippen molar-refractivity contribution in [3.8, 4) is 17.0 Å². The zero-order chi connectivity index (χ0) is 22.1. The van der Waals surface area contributed by atoms with Crippen LogP contribution < -0.4 is 10.1 Å². The molecule has 0 bridgehead atoms. The van der Waals surface area contributed by atoms with Crippen LogP contribution in [0.25, 0.3) is 16.9 Å². The van der Waals surface area contributed by atoms with Crippen LogP contribution in [0.3, 0.4) is 0 Å². The Bertz CT molecular complexity index is 1270. The summed E-state index contributed by atoms with van der Waals surface area (Å²) in [5.74, 6) is -0.462. The number of carbonyl (C=O) groups excluding carboxylic acids is 1. The molecule has 1 saturated carbocycles. The lowest BCUT2D eigenvalue weighted by molar-refractivity contribution is -0.0494. The number of aromatic nitrogens is 5. The fraction of sp³-hybridized carbons (Fsp3) is 0.238. The number of rotatable bonds is 7. The predicted molar refractivity (Wildman–Crippen MR) is 115 cm³/mol. The molecule has 32 heavy (non-hydrogen) atoms. The Morgan fingerprint density at radius 2 is 2.22 bits per heavy atom. The molecule has 8 nitrogen and oxygen atoms in total. The number of thioether (sulfide) groups is 1. The van der Waals surface area contributed by atoms with E-state index in [0.717, 1.165) is 17.7 Å². The molecule has 0 saturated heterocycles. The molecule has 1 aromatic carbocycles. The highest BCUT2D eigenvalue weighted by Gasteiger charge is 2.23. The SMILES string of the molecule is O=C(Nc1c[nH]nc1-c1cc(SC2CCC2)ccc1OC(F)F)c1cnn2cccnc12. The van der Waals surface area contributed by atoms with Gasteiger partial charge in [0.25, 0.3) is 5.91 Å². The van der Waals surface area contributed by atoms with E-state index in [1.165, 1.54) is 29.4 Å². The van der Waals surface area contributed by atoms with Crippen LogP contribution in [0.4, 0.5) is 14.5 Å². The van der Waals surface area contributed by atoms with Gasteiger partial charge in [0.15, 0.2) is 5.65 Å². The van der Waals surface area contributed by atoms with Crippen LogP contribution >= 0.6 is 11.8 Å². The summed E-state index contributed by atoms with van der Waals surface area (Å²) in [5, 5.41) is 14.3. The summed E-state index contributed by atoms with van der Waals surface area (Å²) in [7, 11) is 0. The minimum absolute atomic E-state index is 0.0155. The average molecular weight is 456 g/mol. The Hall–Kier alpha value is -3.47. The van der Waals surface area contributed by atoms with E-state index in [-0.39, 0.29) is 11.3 Å². The maximum atomic E-state index is 13.0. The van der Waals surface area contributed by atoms with Crippen LogP contribution in [0.15, 0.2) is 53.9 Å². The topological polar surface area (TPSA) is 97.2 Å². The van der Waals surface area contributed by atoms with Gasteiger partial charge in [0.2, 0.25) is 0 Å². The second-order valence-electron chi connectivity index (χ2n) is 7.25. The van der Waals surface area contributed by atoms with Gasteiger partial charge in [-0.2, -0.15) is 19.0 Å². The summed E-state index contributed by atoms with van der Waals surface area (Å²) >= 11 is 1.70. The van der Waals surface area contributed by atoms with E-state index in [1.54, 1.807) is 42.4 Å². The predicted octanol–water partition coefficient (Wildman–Crippen LogP) is 4.62. The molecule has 0 radical (unpaired) electrons. The largest absolute Gasteiger partial charge is 0.434 e. The normalized spacial score (nSPS) is 14.0. The molecule has 5 rings (SSSR count). The molecule has 1 aliphatic rings. The van der Waals surface area contributed by atoms with E-state index in [2.05, 4.69) is 25.6 Å². The Kier molecular flexibility index (Phi) is 5.48. The maximum Gasteiger partial charge on any atom is 0.387 e. The smallest absolute Gasteiger partial charge is 0.387 e. The monoisotopic (exact) mass is 456 g/mol. The van der Waals surface area contributed by atoms with Crippen molar-refractivity contribution in [2.45, 2.75) is 36.0 Å². The molecular formula is C21H18F2N6O2S. The number of hydrogen-bond donors (Lipinski definition) is 2. The van der Waals surface area contributed by atoms with Gasteiger partial charge >= 0.3 is 6.61 Å². The molecule has 3 aromatic heterocycles. The van der Waals surface area contributed by atoms with Crippen molar-refractivity contribution < 1.29 is 18.3 Å². The zero-order valence-electron chi connectivity index (χ0n) is 16.7. The van der Waals surface area contributed by atoms with Crippen molar-refractivity contribution in [1.82, 2.24) is 24.8 Å². The van der Waals surface area contributed by atoms with Crippen molar-refractivity contribution >= 4 is 29.0 Å². The highest BCUT2D eigenvalue weighted by Crippen LogP contribution is 2.41. The molecule has 11 heteroatoms. The van der Waals surface area contributed by atoms with Crippen molar-refractivity contribution in [2.75, 3.05) is 5.32 Å². The number of H-pyrrole nitrogens is 1. The van der Waals surface area contributed by atoms with Crippen LogP contribution in [-0.2, 0) is 0 Å². The van der Waals surface area contributed by atoms with E-state index in [9.17, 15) is 13.6 Å². The van der Waals surface area contributed by atoms with Gasteiger partial charge in [0.05, 0.1) is 11.9 Å². The molecule has 0 spiro atoms. The van der Waals surface area contributed by atoms with E-state index in [0.29, 0.717) is 27.8 Å². The molecular weight excluding hydrogens is 438 g/mol. The lowest BCUT2D eigenvalue weighted by atomic mass is 10.00. The van der Waals surface area contributed by atoms with Crippen LogP contribution in [0.1, 0.15) is 29.6 Å². The highest BCUT2D eigenvalue weighted by atomic mass is 32.2. The summed E-state index contributed by atoms with van der Waals surface area (Å²) in [4.78, 5) is 18.0. The number of nitrogens with zero attached hydrogens (tertiary/aromatic N) is 4. The number of carbonyl (C=O) groups is 1. The van der Waals surface area contributed by atoms with Gasteiger partial charge in [-0.3, -0.25) is 9.89 Å². The van der Waals surface area contributed by atoms with Crippen molar-refractivity contribution in [3.63, 3.8) is 0 Å². The molecule has 1 amide bonds. The number of alkyl halides is 2. The maximum absolute atomic E-state index is 13.0. The number of amides is 1. The number of aromatic amines is 1. The van der Waals surface area contributed by atoms with Crippen LogP contribution in [0.5, 0.6) is 5.75 Å². The quantitative estimate of drug-likeness (QED) is 0.421. The molecule has 1 fully saturated rings. The minimum Gasteiger partial charge on any atom is -0.434 e. The standard InChI is InChI=1S/C21H18F2N6O2S/c22-21(23)31-17-6-5-13(32-12-3-1-4-12)9-14(17)18-16(11-25-28-18)27-20(30)15-10-26-29-8-2-7-24-19(15)29/h2,5-12,21H,1,3-4H2,(H,25,28)(H,27,30). The van der Waals surface area contributed by atoms with Crippen molar-refractivity contribution in [3.05, 3.63) is 54.6 Å². The van der Waals surface area contributed by atoms with Gasteiger partial charge in [0, 0.05) is 34.3 Å².